The van der Waals surface area contributed by atoms with E-state index >= 15 is 0 Å². The van der Waals surface area contributed by atoms with Crippen molar-refractivity contribution in [1.82, 2.24) is 0 Å². The van der Waals surface area contributed by atoms with Crippen molar-refractivity contribution in [2.24, 2.45) is 28.6 Å². The fraction of sp³-hybridized carbons (Fsp3) is 0.727. The van der Waals surface area contributed by atoms with E-state index in [0.29, 0.717) is 13.0 Å². The highest BCUT2D eigenvalue weighted by Gasteiger charge is 2.80. The van der Waals surface area contributed by atoms with Crippen molar-refractivity contribution in [2.75, 3.05) is 12.5 Å². The van der Waals surface area contributed by atoms with Crippen LogP contribution in [-0.4, -0.2) is 45.7 Å². The van der Waals surface area contributed by atoms with E-state index in [1.54, 1.807) is 12.2 Å². The molecular weight excluding hydrogens is 399 g/mol. The van der Waals surface area contributed by atoms with Gasteiger partial charge in [0.25, 0.3) is 0 Å². The first kappa shape index (κ1) is 19.3. The molecule has 4 nitrogen and oxygen atoms in total. The summed E-state index contributed by atoms with van der Waals surface area (Å²) in [5, 5.41) is 11.5. The Balaban J connectivity index is 1.63. The van der Waals surface area contributed by atoms with Crippen molar-refractivity contribution in [1.29, 1.82) is 0 Å². The number of alkyl halides is 2. The smallest absolute Gasteiger partial charge is 0.180 e. The fourth-order valence-electron chi connectivity index (χ4n) is 7.76. The van der Waals surface area contributed by atoms with Gasteiger partial charge in [-0.05, 0) is 55.6 Å². The van der Waals surface area contributed by atoms with Crippen LogP contribution in [0.25, 0.3) is 0 Å². The molecule has 4 aliphatic carbocycles. The van der Waals surface area contributed by atoms with E-state index in [1.807, 2.05) is 6.08 Å². The number of fused-ring (bicyclic) bond motifs is 4. The van der Waals surface area contributed by atoms with Crippen LogP contribution in [0.15, 0.2) is 23.8 Å². The molecule has 0 aromatic carbocycles. The Morgan fingerprint density at radius 1 is 1.39 bits per heavy atom. The Kier molecular flexibility index (Phi) is 3.94. The van der Waals surface area contributed by atoms with Gasteiger partial charge in [-0.2, -0.15) is 0 Å². The first-order valence-corrected chi connectivity index (χ1v) is 11.1. The van der Waals surface area contributed by atoms with E-state index in [2.05, 4.69) is 13.8 Å². The number of carbonyl (C=O) groups is 2. The molecular formula is C22H26Cl2O4. The number of hydrogen-bond donors (Lipinski definition) is 1. The van der Waals surface area contributed by atoms with Gasteiger partial charge in [-0.15, -0.1) is 23.2 Å². The standard InChI is InChI=1S/C22H26Cl2O4/c1-12-7-16-15-4-3-13-8-14(25)5-6-19(13,2)21(15,24)17(26)9-20(16)11-28-22(12,20)18(27)10-23/h5-6,8,12,15-17,26H,3-4,7,9-11H2,1-2H3/t12-,15+,16+,17+,19+,20-,21+,22+/m1/s1. The summed E-state index contributed by atoms with van der Waals surface area (Å²) in [7, 11) is 0. The molecule has 28 heavy (non-hydrogen) atoms. The van der Waals surface area contributed by atoms with Crippen LogP contribution >= 0.6 is 23.2 Å². The topological polar surface area (TPSA) is 63.6 Å². The lowest BCUT2D eigenvalue weighted by molar-refractivity contribution is -0.290. The molecule has 0 unspecified atom stereocenters. The lowest BCUT2D eigenvalue weighted by Crippen LogP contribution is -2.76. The second-order valence-corrected chi connectivity index (χ2v) is 10.6. The van der Waals surface area contributed by atoms with E-state index in [1.165, 1.54) is 0 Å². The van der Waals surface area contributed by atoms with Crippen molar-refractivity contribution in [3.8, 4) is 0 Å². The number of hydrogen-bond acceptors (Lipinski definition) is 4. The summed E-state index contributed by atoms with van der Waals surface area (Å²) in [4.78, 5) is 24.0. The highest BCUT2D eigenvalue weighted by molar-refractivity contribution is 6.29. The summed E-state index contributed by atoms with van der Waals surface area (Å²) < 4.78 is 6.02. The molecule has 0 amide bonds. The minimum Gasteiger partial charge on any atom is -0.391 e. The molecule has 4 fully saturated rings. The SMILES string of the molecule is C[C@@H]1C[C@H]2[C@@H]3CCC4=CC(=O)C=C[C@]4(C)[C@@]3(Cl)[C@@H](O)C[C@@]23CO[C@]13C(=O)CCl. The van der Waals surface area contributed by atoms with Gasteiger partial charge in [0.2, 0.25) is 0 Å². The monoisotopic (exact) mass is 424 g/mol. The zero-order valence-electron chi connectivity index (χ0n) is 16.2. The molecule has 3 saturated carbocycles. The number of ether oxygens (including phenoxy) is 1. The van der Waals surface area contributed by atoms with Gasteiger partial charge < -0.3 is 9.84 Å². The van der Waals surface area contributed by atoms with Gasteiger partial charge in [-0.25, -0.2) is 0 Å². The van der Waals surface area contributed by atoms with Crippen LogP contribution in [-0.2, 0) is 14.3 Å². The minimum absolute atomic E-state index is 0.0124. The Hall–Kier alpha value is -0.680. The third-order valence-corrected chi connectivity index (χ3v) is 10.2. The summed E-state index contributed by atoms with van der Waals surface area (Å²) >= 11 is 13.4. The van der Waals surface area contributed by atoms with Gasteiger partial charge in [-0.1, -0.05) is 25.5 Å². The number of aliphatic hydroxyl groups is 1. The first-order valence-electron chi connectivity index (χ1n) is 10.2. The van der Waals surface area contributed by atoms with Gasteiger partial charge >= 0.3 is 0 Å². The first-order chi connectivity index (χ1) is 13.2. The maximum atomic E-state index is 12.9. The number of halogens is 2. The predicted octanol–water partition coefficient (Wildman–Crippen LogP) is 3.43. The van der Waals surface area contributed by atoms with Crippen LogP contribution in [0, 0.1) is 28.6 Å². The Morgan fingerprint density at radius 2 is 2.14 bits per heavy atom. The average Bonchev–Trinajstić information content (AvgIpc) is 2.80. The highest BCUT2D eigenvalue weighted by Crippen LogP contribution is 2.75. The molecule has 0 aromatic heterocycles. The normalized spacial score (nSPS) is 54.0. The lowest BCUT2D eigenvalue weighted by Gasteiger charge is -2.68. The van der Waals surface area contributed by atoms with Gasteiger partial charge in [0.15, 0.2) is 11.6 Å². The maximum absolute atomic E-state index is 12.9. The summed E-state index contributed by atoms with van der Waals surface area (Å²) in [6.07, 6.45) is 7.28. The average molecular weight is 425 g/mol. The van der Waals surface area contributed by atoms with Gasteiger partial charge in [0, 0.05) is 10.8 Å². The third kappa shape index (κ3) is 1.84. The molecule has 1 N–H and O–H groups in total. The maximum Gasteiger partial charge on any atom is 0.180 e. The largest absolute Gasteiger partial charge is 0.391 e. The summed E-state index contributed by atoms with van der Waals surface area (Å²) in [5.74, 6) is 0.165. The zero-order chi connectivity index (χ0) is 20.1. The highest BCUT2D eigenvalue weighted by atomic mass is 35.5. The van der Waals surface area contributed by atoms with E-state index in [-0.39, 0.29) is 40.6 Å². The van der Waals surface area contributed by atoms with Crippen LogP contribution in [0.3, 0.4) is 0 Å². The predicted molar refractivity (Wildman–Crippen MR) is 106 cm³/mol. The molecule has 0 aromatic rings. The van der Waals surface area contributed by atoms with Crippen LogP contribution in [0.1, 0.15) is 39.5 Å². The number of rotatable bonds is 2. The van der Waals surface area contributed by atoms with Crippen LogP contribution in [0.5, 0.6) is 0 Å². The number of Topliss-reactive ketones (excluding diaryl/α,β-unsaturated/α-hetero) is 1. The molecule has 152 valence electrons. The molecule has 1 spiro atoms. The number of allylic oxidation sites excluding steroid dienone is 4. The molecule has 5 aliphatic rings. The van der Waals surface area contributed by atoms with Crippen LogP contribution in [0.2, 0.25) is 0 Å². The number of carbonyl (C=O) groups excluding carboxylic acids is 2. The fourth-order valence-corrected chi connectivity index (χ4v) is 8.48. The lowest BCUT2D eigenvalue weighted by atomic mass is 9.44. The Bertz CT molecular complexity index is 836. The summed E-state index contributed by atoms with van der Waals surface area (Å²) in [6, 6.07) is 0. The summed E-state index contributed by atoms with van der Waals surface area (Å²) in [6.45, 7) is 4.61. The summed E-state index contributed by atoms with van der Waals surface area (Å²) in [5.41, 5.74) is -0.817. The van der Waals surface area contributed by atoms with Crippen LogP contribution in [0.4, 0.5) is 0 Å². The van der Waals surface area contributed by atoms with Gasteiger partial charge in [0.1, 0.15) is 5.60 Å². The van der Waals surface area contributed by atoms with Gasteiger partial charge in [0.05, 0.1) is 23.5 Å². The third-order valence-electron chi connectivity index (χ3n) is 9.00. The molecule has 0 bridgehead atoms. The van der Waals surface area contributed by atoms with E-state index < -0.39 is 22.0 Å². The molecule has 1 heterocycles. The Morgan fingerprint density at radius 3 is 2.79 bits per heavy atom. The quantitative estimate of drug-likeness (QED) is 0.689. The van der Waals surface area contributed by atoms with E-state index in [9.17, 15) is 14.7 Å². The molecule has 8 atom stereocenters. The van der Waals surface area contributed by atoms with E-state index in [0.717, 1.165) is 24.8 Å². The van der Waals surface area contributed by atoms with E-state index in [4.69, 9.17) is 27.9 Å². The number of ketones is 2. The minimum atomic E-state index is -0.889. The van der Waals surface area contributed by atoms with Crippen molar-refractivity contribution in [3.05, 3.63) is 23.8 Å². The van der Waals surface area contributed by atoms with Crippen molar-refractivity contribution < 1.29 is 19.4 Å². The molecule has 0 radical (unpaired) electrons. The van der Waals surface area contributed by atoms with Crippen LogP contribution < -0.4 is 0 Å². The second-order valence-electron chi connectivity index (χ2n) is 9.72. The zero-order valence-corrected chi connectivity index (χ0v) is 17.7. The molecule has 5 rings (SSSR count). The molecule has 1 saturated heterocycles. The second kappa shape index (κ2) is 5.72. The number of aliphatic hydroxyl groups excluding tert-OH is 1. The van der Waals surface area contributed by atoms with Gasteiger partial charge in [-0.3, -0.25) is 9.59 Å². The molecule has 1 aliphatic heterocycles. The molecule has 6 heteroatoms. The Labute approximate surface area is 175 Å². The van der Waals surface area contributed by atoms with Crippen molar-refractivity contribution in [3.63, 3.8) is 0 Å². The van der Waals surface area contributed by atoms with Crippen molar-refractivity contribution >= 4 is 34.8 Å². The van der Waals surface area contributed by atoms with Crippen molar-refractivity contribution in [2.45, 2.75) is 56.1 Å².